The van der Waals surface area contributed by atoms with E-state index in [9.17, 15) is 10.2 Å². The fraction of sp³-hybridized carbons (Fsp3) is 0.636. The third-order valence-corrected chi connectivity index (χ3v) is 2.82. The van der Waals surface area contributed by atoms with E-state index in [2.05, 4.69) is 0 Å². The average Bonchev–Trinajstić information content (AvgIpc) is 2.67. The van der Waals surface area contributed by atoms with Crippen LogP contribution in [0.1, 0.15) is 33.4 Å². The van der Waals surface area contributed by atoms with Gasteiger partial charge in [-0.2, -0.15) is 0 Å². The molecular formula is C11H19NO2. The van der Waals surface area contributed by atoms with Crippen molar-refractivity contribution in [2.75, 3.05) is 0 Å². The van der Waals surface area contributed by atoms with Crippen LogP contribution in [-0.4, -0.2) is 20.9 Å². The van der Waals surface area contributed by atoms with Gasteiger partial charge in [-0.05, 0) is 18.6 Å². The molecule has 0 aromatic carbocycles. The molecule has 0 bridgehead atoms. The molecule has 1 aromatic heterocycles. The van der Waals surface area contributed by atoms with Gasteiger partial charge in [0.1, 0.15) is 6.23 Å². The van der Waals surface area contributed by atoms with Crippen molar-refractivity contribution in [3.63, 3.8) is 0 Å². The van der Waals surface area contributed by atoms with Gasteiger partial charge in [-0.15, -0.1) is 0 Å². The highest BCUT2D eigenvalue weighted by molar-refractivity contribution is 4.95. The van der Waals surface area contributed by atoms with Crippen LogP contribution < -0.4 is 0 Å². The summed E-state index contributed by atoms with van der Waals surface area (Å²) in [6.45, 7) is 5.65. The monoisotopic (exact) mass is 197 g/mol. The Balaban J connectivity index is 2.82. The molecule has 0 fully saturated rings. The first-order chi connectivity index (χ1) is 6.50. The van der Waals surface area contributed by atoms with Crippen LogP contribution in [-0.2, 0) is 0 Å². The second-order valence-corrected chi connectivity index (χ2v) is 4.25. The van der Waals surface area contributed by atoms with Gasteiger partial charge in [-0.25, -0.2) is 0 Å². The van der Waals surface area contributed by atoms with Gasteiger partial charge in [0.25, 0.3) is 0 Å². The van der Waals surface area contributed by atoms with Crippen LogP contribution in [0.2, 0.25) is 0 Å². The minimum absolute atomic E-state index is 0.500. The standard InChI is InChI=1S/C11H19NO2/c1-4-9(13)11(2,3)10(14)12-7-5-6-8-12/h5-10,13-14H,4H2,1-3H3/t9-,10-/m1/s1. The molecule has 0 radical (unpaired) electrons. The quantitative estimate of drug-likeness (QED) is 0.772. The first kappa shape index (κ1) is 11.3. The molecule has 80 valence electrons. The zero-order valence-corrected chi connectivity index (χ0v) is 9.01. The van der Waals surface area contributed by atoms with Crippen LogP contribution >= 0.6 is 0 Å². The molecule has 0 saturated heterocycles. The van der Waals surface area contributed by atoms with Gasteiger partial charge in [-0.1, -0.05) is 20.8 Å². The molecule has 0 aliphatic rings. The van der Waals surface area contributed by atoms with Gasteiger partial charge in [0.2, 0.25) is 0 Å². The summed E-state index contributed by atoms with van der Waals surface area (Å²) in [6.07, 6.45) is 3.06. The van der Waals surface area contributed by atoms with Gasteiger partial charge >= 0.3 is 0 Å². The fourth-order valence-corrected chi connectivity index (χ4v) is 1.59. The molecule has 0 aliphatic carbocycles. The number of aliphatic hydroxyl groups excluding tert-OH is 2. The number of hydrogen-bond donors (Lipinski definition) is 2. The van der Waals surface area contributed by atoms with Gasteiger partial charge in [0, 0.05) is 17.8 Å². The SMILES string of the molecule is CC[C@@H](O)C(C)(C)[C@@H](O)n1cccc1. The Labute approximate surface area is 85.0 Å². The number of aromatic nitrogens is 1. The summed E-state index contributed by atoms with van der Waals surface area (Å²) in [5.41, 5.74) is -0.534. The Morgan fingerprint density at radius 1 is 1.21 bits per heavy atom. The smallest absolute Gasteiger partial charge is 0.137 e. The van der Waals surface area contributed by atoms with Crippen molar-refractivity contribution in [2.45, 2.75) is 39.5 Å². The van der Waals surface area contributed by atoms with E-state index in [1.54, 1.807) is 17.0 Å². The van der Waals surface area contributed by atoms with E-state index in [0.717, 1.165) is 0 Å². The van der Waals surface area contributed by atoms with Crippen molar-refractivity contribution in [1.29, 1.82) is 0 Å². The lowest BCUT2D eigenvalue weighted by atomic mass is 9.83. The van der Waals surface area contributed by atoms with E-state index in [4.69, 9.17) is 0 Å². The van der Waals surface area contributed by atoms with E-state index in [1.165, 1.54) is 0 Å². The molecule has 1 heterocycles. The summed E-state index contributed by atoms with van der Waals surface area (Å²) in [5.74, 6) is 0. The summed E-state index contributed by atoms with van der Waals surface area (Å²) in [6, 6.07) is 3.72. The van der Waals surface area contributed by atoms with E-state index < -0.39 is 17.7 Å². The molecule has 14 heavy (non-hydrogen) atoms. The summed E-state index contributed by atoms with van der Waals surface area (Å²) in [4.78, 5) is 0. The maximum atomic E-state index is 10.0. The van der Waals surface area contributed by atoms with Gasteiger partial charge in [-0.3, -0.25) is 0 Å². The van der Waals surface area contributed by atoms with Crippen molar-refractivity contribution in [3.8, 4) is 0 Å². The highest BCUT2D eigenvalue weighted by Gasteiger charge is 2.35. The molecular weight excluding hydrogens is 178 g/mol. The van der Waals surface area contributed by atoms with E-state index in [0.29, 0.717) is 6.42 Å². The molecule has 0 saturated carbocycles. The third-order valence-electron chi connectivity index (χ3n) is 2.82. The number of rotatable bonds is 4. The van der Waals surface area contributed by atoms with Crippen molar-refractivity contribution in [3.05, 3.63) is 24.5 Å². The molecule has 2 atom stereocenters. The fourth-order valence-electron chi connectivity index (χ4n) is 1.59. The summed E-state index contributed by atoms with van der Waals surface area (Å²) >= 11 is 0. The molecule has 0 unspecified atom stereocenters. The zero-order valence-electron chi connectivity index (χ0n) is 9.01. The summed E-state index contributed by atoms with van der Waals surface area (Å²) in [5, 5.41) is 19.8. The van der Waals surface area contributed by atoms with Crippen LogP contribution in [0.25, 0.3) is 0 Å². The van der Waals surface area contributed by atoms with Crippen molar-refractivity contribution in [2.24, 2.45) is 5.41 Å². The Hall–Kier alpha value is -0.800. The topological polar surface area (TPSA) is 45.4 Å². The van der Waals surface area contributed by atoms with E-state index in [-0.39, 0.29) is 0 Å². The number of nitrogens with zero attached hydrogens (tertiary/aromatic N) is 1. The highest BCUT2D eigenvalue weighted by atomic mass is 16.3. The largest absolute Gasteiger partial charge is 0.392 e. The average molecular weight is 197 g/mol. The van der Waals surface area contributed by atoms with Crippen LogP contribution in [0, 0.1) is 5.41 Å². The second kappa shape index (κ2) is 4.15. The van der Waals surface area contributed by atoms with Gasteiger partial charge in [0.05, 0.1) is 6.10 Å². The second-order valence-electron chi connectivity index (χ2n) is 4.25. The van der Waals surface area contributed by atoms with Crippen LogP contribution in [0.15, 0.2) is 24.5 Å². The Morgan fingerprint density at radius 2 is 1.71 bits per heavy atom. The summed E-state index contributed by atoms with van der Waals surface area (Å²) in [7, 11) is 0. The highest BCUT2D eigenvalue weighted by Crippen LogP contribution is 2.33. The van der Waals surface area contributed by atoms with Gasteiger partial charge in [0.15, 0.2) is 0 Å². The zero-order chi connectivity index (χ0) is 10.8. The molecule has 1 rings (SSSR count). The number of hydrogen-bond acceptors (Lipinski definition) is 2. The number of aliphatic hydroxyl groups is 2. The molecule has 0 aliphatic heterocycles. The lowest BCUT2D eigenvalue weighted by Crippen LogP contribution is -2.37. The lowest BCUT2D eigenvalue weighted by Gasteiger charge is -2.35. The molecule has 0 amide bonds. The van der Waals surface area contributed by atoms with Crippen LogP contribution in [0.3, 0.4) is 0 Å². The van der Waals surface area contributed by atoms with E-state index in [1.807, 2.05) is 32.9 Å². The first-order valence-corrected chi connectivity index (χ1v) is 4.98. The predicted molar refractivity (Wildman–Crippen MR) is 55.8 cm³/mol. The van der Waals surface area contributed by atoms with Crippen LogP contribution in [0.5, 0.6) is 0 Å². The Kier molecular flexibility index (Phi) is 3.34. The van der Waals surface area contributed by atoms with Crippen LogP contribution in [0.4, 0.5) is 0 Å². The normalized spacial score (nSPS) is 16.6. The Bertz CT molecular complexity index is 267. The van der Waals surface area contributed by atoms with Gasteiger partial charge < -0.3 is 14.8 Å². The predicted octanol–water partition coefficient (Wildman–Crippen LogP) is 1.78. The molecule has 3 heteroatoms. The minimum atomic E-state index is -0.688. The maximum absolute atomic E-state index is 10.0. The van der Waals surface area contributed by atoms with Crippen molar-refractivity contribution in [1.82, 2.24) is 4.57 Å². The Morgan fingerprint density at radius 3 is 2.14 bits per heavy atom. The lowest BCUT2D eigenvalue weighted by molar-refractivity contribution is -0.0865. The third kappa shape index (κ3) is 1.99. The minimum Gasteiger partial charge on any atom is -0.392 e. The molecule has 2 N–H and O–H groups in total. The molecule has 3 nitrogen and oxygen atoms in total. The maximum Gasteiger partial charge on any atom is 0.137 e. The summed E-state index contributed by atoms with van der Waals surface area (Å²) < 4.78 is 1.71. The first-order valence-electron chi connectivity index (χ1n) is 4.98. The van der Waals surface area contributed by atoms with Crippen molar-refractivity contribution >= 4 is 0 Å². The molecule has 0 spiro atoms. The molecule has 1 aromatic rings. The van der Waals surface area contributed by atoms with E-state index >= 15 is 0 Å². The van der Waals surface area contributed by atoms with Crippen molar-refractivity contribution < 1.29 is 10.2 Å².